The van der Waals surface area contributed by atoms with Crippen molar-refractivity contribution in [2.75, 3.05) is 18.5 Å². The van der Waals surface area contributed by atoms with Crippen LogP contribution < -0.4 is 5.32 Å². The number of benzene rings is 1. The predicted octanol–water partition coefficient (Wildman–Crippen LogP) is 0.0366. The predicted molar refractivity (Wildman–Crippen MR) is 69.3 cm³/mol. The molecule has 0 aliphatic heterocycles. The molecule has 1 atom stereocenters. The van der Waals surface area contributed by atoms with E-state index < -0.39 is 12.1 Å². The van der Waals surface area contributed by atoms with E-state index >= 15 is 0 Å². The highest BCUT2D eigenvalue weighted by Gasteiger charge is 2.15. The van der Waals surface area contributed by atoms with Crippen molar-refractivity contribution < 1.29 is 20.1 Å². The molecule has 1 heterocycles. The maximum Gasteiger partial charge on any atom is 0.357 e. The summed E-state index contributed by atoms with van der Waals surface area (Å²) in [6, 6.07) is 5.18. The molecule has 2 aromatic rings. The van der Waals surface area contributed by atoms with Gasteiger partial charge in [-0.25, -0.2) is 4.79 Å². The molecule has 0 bridgehead atoms. The van der Waals surface area contributed by atoms with Gasteiger partial charge in [-0.3, -0.25) is 4.68 Å². The summed E-state index contributed by atoms with van der Waals surface area (Å²) in [4.78, 5) is 11.1. The molecule has 0 fully saturated rings. The maximum absolute atomic E-state index is 11.1. The van der Waals surface area contributed by atoms with Gasteiger partial charge < -0.3 is 20.6 Å². The standard InChI is InChI=1S/C12H15N3O4/c1-15-10-3-2-7(13-5-8(17)6-16)4-9(10)11(14-15)12(18)19/h2-4,8,13,16-17H,5-6H2,1H3,(H,18,19). The fraction of sp³-hybridized carbons (Fsp3) is 0.333. The molecule has 0 saturated carbocycles. The third-order valence-corrected chi connectivity index (χ3v) is 2.81. The Hall–Kier alpha value is -2.12. The molecule has 2 rings (SSSR count). The van der Waals surface area contributed by atoms with E-state index in [0.29, 0.717) is 16.6 Å². The molecule has 0 aliphatic carbocycles. The zero-order valence-corrected chi connectivity index (χ0v) is 10.4. The van der Waals surface area contributed by atoms with Crippen LogP contribution in [0, 0.1) is 0 Å². The fourth-order valence-electron chi connectivity index (χ4n) is 1.83. The van der Waals surface area contributed by atoms with Crippen molar-refractivity contribution in [2.24, 2.45) is 7.05 Å². The topological polar surface area (TPSA) is 108 Å². The molecule has 4 N–H and O–H groups in total. The van der Waals surface area contributed by atoms with Crippen molar-refractivity contribution in [2.45, 2.75) is 6.10 Å². The Morgan fingerprint density at radius 2 is 2.26 bits per heavy atom. The third-order valence-electron chi connectivity index (χ3n) is 2.81. The minimum atomic E-state index is -1.09. The molecule has 1 unspecified atom stereocenters. The zero-order chi connectivity index (χ0) is 14.0. The summed E-state index contributed by atoms with van der Waals surface area (Å²) >= 11 is 0. The molecule has 0 spiro atoms. The van der Waals surface area contributed by atoms with Crippen molar-refractivity contribution in [3.8, 4) is 0 Å². The van der Waals surface area contributed by atoms with Crippen LogP contribution in [0.25, 0.3) is 10.9 Å². The molecule has 0 radical (unpaired) electrons. The molecule has 0 amide bonds. The number of carbonyl (C=O) groups is 1. The summed E-state index contributed by atoms with van der Waals surface area (Å²) in [5.74, 6) is -1.09. The lowest BCUT2D eigenvalue weighted by molar-refractivity contribution is 0.0691. The number of nitrogens with zero attached hydrogens (tertiary/aromatic N) is 2. The first-order valence-corrected chi connectivity index (χ1v) is 5.75. The Morgan fingerprint density at radius 3 is 2.89 bits per heavy atom. The quantitative estimate of drug-likeness (QED) is 0.608. The molecule has 102 valence electrons. The number of hydrogen-bond acceptors (Lipinski definition) is 5. The van der Waals surface area contributed by atoms with E-state index in [1.165, 1.54) is 4.68 Å². The summed E-state index contributed by atoms with van der Waals surface area (Å²) in [6.45, 7) is -0.146. The van der Waals surface area contributed by atoms with E-state index in [1.807, 2.05) is 0 Å². The van der Waals surface area contributed by atoms with Crippen LogP contribution in [-0.4, -0.2) is 50.3 Å². The fourth-order valence-corrected chi connectivity index (χ4v) is 1.83. The highest BCUT2D eigenvalue weighted by atomic mass is 16.4. The lowest BCUT2D eigenvalue weighted by atomic mass is 10.2. The van der Waals surface area contributed by atoms with Gasteiger partial charge in [0.15, 0.2) is 5.69 Å². The van der Waals surface area contributed by atoms with Gasteiger partial charge in [-0.15, -0.1) is 0 Å². The lowest BCUT2D eigenvalue weighted by Crippen LogP contribution is -2.22. The van der Waals surface area contributed by atoms with Crippen molar-refractivity contribution in [1.29, 1.82) is 0 Å². The lowest BCUT2D eigenvalue weighted by Gasteiger charge is -2.10. The van der Waals surface area contributed by atoms with Gasteiger partial charge in [0.25, 0.3) is 0 Å². The Bertz CT molecular complexity index is 608. The highest BCUT2D eigenvalue weighted by Crippen LogP contribution is 2.22. The SMILES string of the molecule is Cn1nc(C(=O)O)c2cc(NCC(O)CO)ccc21. The van der Waals surface area contributed by atoms with Crippen LogP contribution in [0.1, 0.15) is 10.5 Å². The number of aryl methyl sites for hydroxylation is 1. The number of anilines is 1. The number of aliphatic hydroxyl groups is 2. The largest absolute Gasteiger partial charge is 0.476 e. The van der Waals surface area contributed by atoms with Gasteiger partial charge in [0, 0.05) is 24.7 Å². The van der Waals surface area contributed by atoms with Crippen LogP contribution in [0.2, 0.25) is 0 Å². The van der Waals surface area contributed by atoms with Gasteiger partial charge in [-0.1, -0.05) is 0 Å². The molecule has 0 aliphatic rings. The van der Waals surface area contributed by atoms with Gasteiger partial charge >= 0.3 is 5.97 Å². The van der Waals surface area contributed by atoms with E-state index in [0.717, 1.165) is 0 Å². The van der Waals surface area contributed by atoms with Crippen LogP contribution in [0.15, 0.2) is 18.2 Å². The van der Waals surface area contributed by atoms with Crippen molar-refractivity contribution in [3.63, 3.8) is 0 Å². The van der Waals surface area contributed by atoms with E-state index in [9.17, 15) is 9.90 Å². The number of hydrogen-bond donors (Lipinski definition) is 4. The number of aromatic nitrogens is 2. The second-order valence-electron chi connectivity index (χ2n) is 4.23. The number of aliphatic hydroxyl groups excluding tert-OH is 2. The molecular weight excluding hydrogens is 250 g/mol. The molecule has 7 heteroatoms. The van der Waals surface area contributed by atoms with Gasteiger partial charge in [0.05, 0.1) is 18.2 Å². The van der Waals surface area contributed by atoms with E-state index in [-0.39, 0.29) is 18.8 Å². The molecule has 19 heavy (non-hydrogen) atoms. The second kappa shape index (κ2) is 5.25. The minimum absolute atomic E-state index is 0.0103. The number of rotatable bonds is 5. The van der Waals surface area contributed by atoms with Crippen molar-refractivity contribution >= 4 is 22.6 Å². The Balaban J connectivity index is 2.33. The summed E-state index contributed by atoms with van der Waals surface area (Å²) < 4.78 is 1.51. The summed E-state index contributed by atoms with van der Waals surface area (Å²) in [5, 5.41) is 34.4. The number of aromatic carboxylic acids is 1. The van der Waals surface area contributed by atoms with Crippen LogP contribution in [-0.2, 0) is 7.05 Å². The minimum Gasteiger partial charge on any atom is -0.476 e. The van der Waals surface area contributed by atoms with Crippen LogP contribution >= 0.6 is 0 Å². The van der Waals surface area contributed by atoms with Crippen molar-refractivity contribution in [3.05, 3.63) is 23.9 Å². The van der Waals surface area contributed by atoms with Crippen LogP contribution in [0.3, 0.4) is 0 Å². The first-order chi connectivity index (χ1) is 9.02. The van der Waals surface area contributed by atoms with E-state index in [1.54, 1.807) is 25.2 Å². The highest BCUT2D eigenvalue weighted by molar-refractivity contribution is 6.02. The molecule has 1 aromatic carbocycles. The van der Waals surface area contributed by atoms with Gasteiger partial charge in [0.1, 0.15) is 0 Å². The first kappa shape index (κ1) is 13.3. The summed E-state index contributed by atoms with van der Waals surface area (Å²) in [5.41, 5.74) is 1.37. The van der Waals surface area contributed by atoms with Crippen LogP contribution in [0.5, 0.6) is 0 Å². The molecule has 1 aromatic heterocycles. The van der Waals surface area contributed by atoms with E-state index in [2.05, 4.69) is 10.4 Å². The Labute approximate surface area is 109 Å². The van der Waals surface area contributed by atoms with Gasteiger partial charge in [0.2, 0.25) is 0 Å². The molecule has 7 nitrogen and oxygen atoms in total. The zero-order valence-electron chi connectivity index (χ0n) is 10.4. The second-order valence-corrected chi connectivity index (χ2v) is 4.23. The third kappa shape index (κ3) is 2.67. The number of fused-ring (bicyclic) bond motifs is 1. The number of carboxylic acid groups (broad SMARTS) is 1. The Kier molecular flexibility index (Phi) is 3.68. The van der Waals surface area contributed by atoms with Crippen LogP contribution in [0.4, 0.5) is 5.69 Å². The Morgan fingerprint density at radius 1 is 1.53 bits per heavy atom. The first-order valence-electron chi connectivity index (χ1n) is 5.75. The van der Waals surface area contributed by atoms with E-state index in [4.69, 9.17) is 10.2 Å². The van der Waals surface area contributed by atoms with Crippen molar-refractivity contribution in [1.82, 2.24) is 9.78 Å². The van der Waals surface area contributed by atoms with Gasteiger partial charge in [-0.05, 0) is 18.2 Å². The molecular formula is C12H15N3O4. The number of nitrogens with one attached hydrogen (secondary N) is 1. The normalized spacial score (nSPS) is 12.6. The molecule has 0 saturated heterocycles. The smallest absolute Gasteiger partial charge is 0.357 e. The average molecular weight is 265 g/mol. The maximum atomic E-state index is 11.1. The number of carboxylic acids is 1. The average Bonchev–Trinajstić information content (AvgIpc) is 2.73. The monoisotopic (exact) mass is 265 g/mol. The summed E-state index contributed by atoms with van der Waals surface area (Å²) in [7, 11) is 1.68. The summed E-state index contributed by atoms with van der Waals surface area (Å²) in [6.07, 6.45) is -0.858. The van der Waals surface area contributed by atoms with Gasteiger partial charge in [-0.2, -0.15) is 5.10 Å².